The standard InChI is InChI=1S/C19H18ClN3O3S/c1-23-17(24)11-16(18(25)22-15-6-4-3-5-14(15)20)27-19(23)21-12-7-9-13(26-2)10-8-12/h3-10,16H,11H2,1-2H3,(H,22,25)/t16-/m0/s1. The smallest absolute Gasteiger partial charge is 0.238 e. The highest BCUT2D eigenvalue weighted by Crippen LogP contribution is 2.30. The van der Waals surface area contributed by atoms with Gasteiger partial charge in [0.05, 0.1) is 23.5 Å². The van der Waals surface area contributed by atoms with Crippen LogP contribution in [0.25, 0.3) is 0 Å². The molecule has 2 aromatic rings. The average Bonchev–Trinajstić information content (AvgIpc) is 2.67. The van der Waals surface area contributed by atoms with E-state index in [-0.39, 0.29) is 18.2 Å². The van der Waals surface area contributed by atoms with E-state index in [2.05, 4.69) is 10.3 Å². The van der Waals surface area contributed by atoms with Crippen LogP contribution in [-0.2, 0) is 9.59 Å². The van der Waals surface area contributed by atoms with Crippen LogP contribution < -0.4 is 10.1 Å². The number of methoxy groups -OCH3 is 1. The fraction of sp³-hybridized carbons (Fsp3) is 0.211. The van der Waals surface area contributed by atoms with Crippen LogP contribution in [0.4, 0.5) is 11.4 Å². The number of ether oxygens (including phenoxy) is 1. The van der Waals surface area contributed by atoms with Crippen LogP contribution in [0.5, 0.6) is 5.75 Å². The normalized spacial score (nSPS) is 18.5. The maximum atomic E-state index is 12.6. The summed E-state index contributed by atoms with van der Waals surface area (Å²) in [6, 6.07) is 14.1. The first kappa shape index (κ1) is 19.3. The molecule has 1 atom stereocenters. The number of hydrogen-bond donors (Lipinski definition) is 1. The number of benzene rings is 2. The van der Waals surface area contributed by atoms with E-state index in [0.717, 1.165) is 5.75 Å². The fourth-order valence-electron chi connectivity index (χ4n) is 2.44. The number of hydrogen-bond acceptors (Lipinski definition) is 5. The SMILES string of the molecule is COc1ccc(N=C2S[C@H](C(=O)Nc3ccccc3Cl)CC(=O)N2C)cc1. The van der Waals surface area contributed by atoms with Crippen molar-refractivity contribution in [3.05, 3.63) is 53.6 Å². The van der Waals surface area contributed by atoms with Crippen molar-refractivity contribution < 1.29 is 14.3 Å². The van der Waals surface area contributed by atoms with E-state index >= 15 is 0 Å². The summed E-state index contributed by atoms with van der Waals surface area (Å²) < 4.78 is 5.13. The third-order valence-corrected chi connectivity index (χ3v) is 5.56. The number of anilines is 1. The molecule has 0 aromatic heterocycles. The lowest BCUT2D eigenvalue weighted by atomic mass is 10.2. The Morgan fingerprint density at radius 3 is 2.63 bits per heavy atom. The van der Waals surface area contributed by atoms with Gasteiger partial charge in [-0.15, -0.1) is 0 Å². The van der Waals surface area contributed by atoms with E-state index in [9.17, 15) is 9.59 Å². The van der Waals surface area contributed by atoms with Gasteiger partial charge in [-0.1, -0.05) is 35.5 Å². The van der Waals surface area contributed by atoms with Crippen molar-refractivity contribution in [2.24, 2.45) is 4.99 Å². The first-order valence-corrected chi connectivity index (χ1v) is 9.45. The monoisotopic (exact) mass is 403 g/mol. The number of nitrogens with zero attached hydrogens (tertiary/aromatic N) is 2. The third-order valence-electron chi connectivity index (χ3n) is 3.99. The molecule has 1 aliphatic rings. The summed E-state index contributed by atoms with van der Waals surface area (Å²) in [6.07, 6.45) is 0.0963. The molecule has 2 amide bonds. The molecule has 6 nitrogen and oxygen atoms in total. The lowest BCUT2D eigenvalue weighted by Gasteiger charge is -2.28. The summed E-state index contributed by atoms with van der Waals surface area (Å²) in [4.78, 5) is 30.9. The molecule has 1 heterocycles. The molecule has 3 rings (SSSR count). The number of halogens is 1. The topological polar surface area (TPSA) is 71.0 Å². The van der Waals surface area contributed by atoms with Crippen LogP contribution in [0.3, 0.4) is 0 Å². The van der Waals surface area contributed by atoms with Gasteiger partial charge < -0.3 is 10.1 Å². The number of thioether (sulfide) groups is 1. The van der Waals surface area contributed by atoms with Crippen LogP contribution in [0.1, 0.15) is 6.42 Å². The van der Waals surface area contributed by atoms with Gasteiger partial charge >= 0.3 is 0 Å². The van der Waals surface area contributed by atoms with E-state index < -0.39 is 5.25 Å². The molecule has 0 radical (unpaired) electrons. The highest BCUT2D eigenvalue weighted by molar-refractivity contribution is 8.15. The summed E-state index contributed by atoms with van der Waals surface area (Å²) in [5, 5.41) is 3.11. The Morgan fingerprint density at radius 2 is 1.96 bits per heavy atom. The largest absolute Gasteiger partial charge is 0.497 e. The lowest BCUT2D eigenvalue weighted by Crippen LogP contribution is -2.43. The van der Waals surface area contributed by atoms with Crippen LogP contribution in [-0.4, -0.2) is 41.3 Å². The van der Waals surface area contributed by atoms with Crippen molar-refractivity contribution in [3.8, 4) is 5.75 Å². The van der Waals surface area contributed by atoms with E-state index in [1.54, 1.807) is 62.7 Å². The van der Waals surface area contributed by atoms with Crippen molar-refractivity contribution in [1.82, 2.24) is 4.90 Å². The molecule has 8 heteroatoms. The predicted octanol–water partition coefficient (Wildman–Crippen LogP) is 3.94. The molecule has 140 valence electrons. The molecule has 1 N–H and O–H groups in total. The Balaban J connectivity index is 1.78. The Kier molecular flexibility index (Phi) is 6.03. The van der Waals surface area contributed by atoms with E-state index in [4.69, 9.17) is 16.3 Å². The summed E-state index contributed by atoms with van der Waals surface area (Å²) in [7, 11) is 3.24. The lowest BCUT2D eigenvalue weighted by molar-refractivity contribution is -0.128. The second-order valence-corrected chi connectivity index (χ2v) is 7.40. The van der Waals surface area contributed by atoms with Gasteiger partial charge in [-0.05, 0) is 36.4 Å². The van der Waals surface area contributed by atoms with Gasteiger partial charge in [0.25, 0.3) is 0 Å². The maximum Gasteiger partial charge on any atom is 0.238 e. The molecule has 0 spiro atoms. The quantitative estimate of drug-likeness (QED) is 0.839. The van der Waals surface area contributed by atoms with Gasteiger partial charge in [0.15, 0.2) is 5.17 Å². The number of aliphatic imine (C=N–C) groups is 1. The minimum atomic E-state index is -0.582. The number of para-hydroxylation sites is 1. The minimum Gasteiger partial charge on any atom is -0.497 e. The fourth-order valence-corrected chi connectivity index (χ4v) is 3.69. The van der Waals surface area contributed by atoms with E-state index in [1.165, 1.54) is 16.7 Å². The van der Waals surface area contributed by atoms with Gasteiger partial charge in [-0.2, -0.15) is 0 Å². The first-order chi connectivity index (χ1) is 13.0. The van der Waals surface area contributed by atoms with Gasteiger partial charge in [-0.25, -0.2) is 4.99 Å². The number of carbonyl (C=O) groups excluding carboxylic acids is 2. The maximum absolute atomic E-state index is 12.6. The third kappa shape index (κ3) is 4.61. The number of rotatable bonds is 4. The number of amides is 2. The zero-order valence-corrected chi connectivity index (χ0v) is 16.4. The summed E-state index contributed by atoms with van der Waals surface area (Å²) in [5.74, 6) is 0.272. The van der Waals surface area contributed by atoms with E-state index in [0.29, 0.717) is 21.6 Å². The minimum absolute atomic E-state index is 0.0963. The van der Waals surface area contributed by atoms with E-state index in [1.807, 2.05) is 0 Å². The Labute approximate surface area is 166 Å². The Bertz CT molecular complexity index is 886. The molecule has 2 aromatic carbocycles. The molecule has 0 aliphatic carbocycles. The highest BCUT2D eigenvalue weighted by atomic mass is 35.5. The van der Waals surface area contributed by atoms with Gasteiger partial charge in [0.1, 0.15) is 11.0 Å². The van der Waals surface area contributed by atoms with Crippen molar-refractivity contribution in [2.75, 3.05) is 19.5 Å². The summed E-state index contributed by atoms with van der Waals surface area (Å²) in [5.41, 5.74) is 1.19. The molecule has 0 saturated carbocycles. The van der Waals surface area contributed by atoms with Crippen LogP contribution >= 0.6 is 23.4 Å². The summed E-state index contributed by atoms with van der Waals surface area (Å²) >= 11 is 7.34. The van der Waals surface area contributed by atoms with Gasteiger partial charge in [0.2, 0.25) is 11.8 Å². The van der Waals surface area contributed by atoms with Crippen LogP contribution in [0.2, 0.25) is 5.02 Å². The number of nitrogens with one attached hydrogen (secondary N) is 1. The first-order valence-electron chi connectivity index (χ1n) is 8.19. The van der Waals surface area contributed by atoms with Crippen molar-refractivity contribution in [1.29, 1.82) is 0 Å². The predicted molar refractivity (Wildman–Crippen MR) is 109 cm³/mol. The molecule has 1 saturated heterocycles. The average molecular weight is 404 g/mol. The molecule has 0 bridgehead atoms. The molecular weight excluding hydrogens is 386 g/mol. The number of carbonyl (C=O) groups is 2. The van der Waals surface area contributed by atoms with Crippen LogP contribution in [0, 0.1) is 0 Å². The van der Waals surface area contributed by atoms with Gasteiger partial charge in [-0.3, -0.25) is 14.5 Å². The zero-order valence-electron chi connectivity index (χ0n) is 14.8. The molecule has 1 aliphatic heterocycles. The molecule has 0 unspecified atom stereocenters. The number of amidine groups is 1. The molecule has 1 fully saturated rings. The highest BCUT2D eigenvalue weighted by Gasteiger charge is 2.34. The molecular formula is C19H18ClN3O3S. The van der Waals surface area contributed by atoms with Gasteiger partial charge in [0, 0.05) is 13.5 Å². The van der Waals surface area contributed by atoms with Crippen molar-refractivity contribution in [3.63, 3.8) is 0 Å². The Morgan fingerprint density at radius 1 is 1.26 bits per heavy atom. The second kappa shape index (κ2) is 8.45. The van der Waals surface area contributed by atoms with Crippen LogP contribution in [0.15, 0.2) is 53.5 Å². The molecule has 27 heavy (non-hydrogen) atoms. The van der Waals surface area contributed by atoms with Crippen molar-refractivity contribution >= 4 is 51.7 Å². The zero-order chi connectivity index (χ0) is 19.4. The summed E-state index contributed by atoms with van der Waals surface area (Å²) in [6.45, 7) is 0. The Hall–Kier alpha value is -2.51. The second-order valence-electron chi connectivity index (χ2n) is 5.82. The van der Waals surface area contributed by atoms with Crippen molar-refractivity contribution in [2.45, 2.75) is 11.7 Å².